The second-order valence-electron chi connectivity index (χ2n) is 5.15. The van der Waals surface area contributed by atoms with Gasteiger partial charge in [0.1, 0.15) is 0 Å². The van der Waals surface area contributed by atoms with Crippen LogP contribution in [0.3, 0.4) is 0 Å². The second-order valence-corrected chi connectivity index (χ2v) is 5.15. The summed E-state index contributed by atoms with van der Waals surface area (Å²) >= 11 is 0. The molecule has 1 aromatic rings. The van der Waals surface area contributed by atoms with E-state index in [9.17, 15) is 0 Å². The number of piperidine rings is 1. The van der Waals surface area contributed by atoms with Gasteiger partial charge in [-0.2, -0.15) is 0 Å². The number of nitrogens with two attached hydrogens (primary N) is 1. The normalized spacial score (nSPS) is 16.9. The summed E-state index contributed by atoms with van der Waals surface area (Å²) < 4.78 is 5.81. The molecule has 1 aliphatic heterocycles. The van der Waals surface area contributed by atoms with Crippen LogP contribution >= 0.6 is 0 Å². The molecule has 0 radical (unpaired) electrons. The number of nitrogens with zero attached hydrogens (tertiary/aromatic N) is 3. The standard InChI is InChI=1S/C14H24N4O/c1-11-10-12(2)17-14(16-11)18-7-4-13(5-8-18)19-9-3-6-15/h10,13H,3-9,15H2,1-2H3. The van der Waals surface area contributed by atoms with Crippen LogP contribution in [0.4, 0.5) is 5.95 Å². The minimum atomic E-state index is 0.369. The lowest BCUT2D eigenvalue weighted by molar-refractivity contribution is 0.0364. The number of aryl methyl sites for hydroxylation is 2. The Kier molecular flexibility index (Phi) is 5.10. The summed E-state index contributed by atoms with van der Waals surface area (Å²) in [4.78, 5) is 11.3. The average molecular weight is 264 g/mol. The first-order valence-corrected chi connectivity index (χ1v) is 7.08. The van der Waals surface area contributed by atoms with Gasteiger partial charge in [0.2, 0.25) is 5.95 Å². The molecule has 0 unspecified atom stereocenters. The highest BCUT2D eigenvalue weighted by Gasteiger charge is 2.21. The fraction of sp³-hybridized carbons (Fsp3) is 0.714. The molecule has 0 atom stereocenters. The van der Waals surface area contributed by atoms with Gasteiger partial charge in [0, 0.05) is 31.1 Å². The minimum absolute atomic E-state index is 0.369. The summed E-state index contributed by atoms with van der Waals surface area (Å²) in [5.74, 6) is 0.859. The summed E-state index contributed by atoms with van der Waals surface area (Å²) in [6.45, 7) is 7.45. The molecular weight excluding hydrogens is 240 g/mol. The number of hydrogen-bond acceptors (Lipinski definition) is 5. The van der Waals surface area contributed by atoms with Crippen LogP contribution in [0.15, 0.2) is 6.07 Å². The van der Waals surface area contributed by atoms with Gasteiger partial charge in [-0.05, 0) is 45.7 Å². The van der Waals surface area contributed by atoms with E-state index in [0.29, 0.717) is 12.6 Å². The van der Waals surface area contributed by atoms with Crippen LogP contribution in [0.25, 0.3) is 0 Å². The highest BCUT2D eigenvalue weighted by Crippen LogP contribution is 2.19. The number of rotatable bonds is 5. The zero-order chi connectivity index (χ0) is 13.7. The zero-order valence-electron chi connectivity index (χ0n) is 11.9. The van der Waals surface area contributed by atoms with Crippen molar-refractivity contribution >= 4 is 5.95 Å². The molecule has 2 N–H and O–H groups in total. The van der Waals surface area contributed by atoms with Crippen molar-refractivity contribution in [1.82, 2.24) is 9.97 Å². The van der Waals surface area contributed by atoms with E-state index < -0.39 is 0 Å². The van der Waals surface area contributed by atoms with Crippen molar-refractivity contribution in [3.8, 4) is 0 Å². The molecule has 0 aromatic carbocycles. The maximum atomic E-state index is 5.81. The van der Waals surface area contributed by atoms with Crippen molar-refractivity contribution in [2.75, 3.05) is 31.1 Å². The number of ether oxygens (including phenoxy) is 1. The van der Waals surface area contributed by atoms with Gasteiger partial charge in [0.05, 0.1) is 6.10 Å². The number of aromatic nitrogens is 2. The third-order valence-electron chi connectivity index (χ3n) is 3.40. The molecule has 0 aliphatic carbocycles. The summed E-state index contributed by atoms with van der Waals surface area (Å²) in [6.07, 6.45) is 3.40. The quantitative estimate of drug-likeness (QED) is 0.815. The van der Waals surface area contributed by atoms with Crippen LogP contribution in [0, 0.1) is 13.8 Å². The summed E-state index contributed by atoms with van der Waals surface area (Å²) in [5.41, 5.74) is 7.53. The Labute approximate surface area is 115 Å². The summed E-state index contributed by atoms with van der Waals surface area (Å²) in [6, 6.07) is 2.01. The van der Waals surface area contributed by atoms with E-state index in [1.165, 1.54) is 0 Å². The van der Waals surface area contributed by atoms with Crippen LogP contribution in [-0.4, -0.2) is 42.3 Å². The molecule has 5 heteroatoms. The van der Waals surface area contributed by atoms with Crippen LogP contribution in [0.2, 0.25) is 0 Å². The molecule has 0 spiro atoms. The summed E-state index contributed by atoms with van der Waals surface area (Å²) in [7, 11) is 0. The van der Waals surface area contributed by atoms with Crippen molar-refractivity contribution in [1.29, 1.82) is 0 Å². The molecule has 0 saturated carbocycles. The molecular formula is C14H24N4O. The maximum Gasteiger partial charge on any atom is 0.225 e. The van der Waals surface area contributed by atoms with Gasteiger partial charge in [0.15, 0.2) is 0 Å². The van der Waals surface area contributed by atoms with Gasteiger partial charge < -0.3 is 15.4 Å². The lowest BCUT2D eigenvalue weighted by Gasteiger charge is -2.32. The van der Waals surface area contributed by atoms with E-state index in [1.807, 2.05) is 19.9 Å². The molecule has 19 heavy (non-hydrogen) atoms. The van der Waals surface area contributed by atoms with Gasteiger partial charge in [-0.3, -0.25) is 0 Å². The van der Waals surface area contributed by atoms with E-state index in [-0.39, 0.29) is 0 Å². The molecule has 2 rings (SSSR count). The highest BCUT2D eigenvalue weighted by atomic mass is 16.5. The topological polar surface area (TPSA) is 64.3 Å². The van der Waals surface area contributed by atoms with Crippen molar-refractivity contribution in [2.45, 2.75) is 39.2 Å². The Hall–Kier alpha value is -1.20. The minimum Gasteiger partial charge on any atom is -0.378 e. The van der Waals surface area contributed by atoms with Gasteiger partial charge in [-0.25, -0.2) is 9.97 Å². The van der Waals surface area contributed by atoms with E-state index in [1.54, 1.807) is 0 Å². The number of hydrogen-bond donors (Lipinski definition) is 1. The SMILES string of the molecule is Cc1cc(C)nc(N2CCC(OCCCN)CC2)n1. The predicted molar refractivity (Wildman–Crippen MR) is 76.4 cm³/mol. The molecule has 5 nitrogen and oxygen atoms in total. The Morgan fingerprint density at radius 2 is 1.89 bits per heavy atom. The van der Waals surface area contributed by atoms with E-state index in [2.05, 4.69) is 14.9 Å². The molecule has 2 heterocycles. The van der Waals surface area contributed by atoms with E-state index in [4.69, 9.17) is 10.5 Å². The highest BCUT2D eigenvalue weighted by molar-refractivity contribution is 5.32. The molecule has 0 amide bonds. The zero-order valence-corrected chi connectivity index (χ0v) is 11.9. The fourth-order valence-electron chi connectivity index (χ4n) is 2.40. The fourth-order valence-corrected chi connectivity index (χ4v) is 2.40. The number of anilines is 1. The van der Waals surface area contributed by atoms with Crippen molar-refractivity contribution in [2.24, 2.45) is 5.73 Å². The van der Waals surface area contributed by atoms with Crippen LogP contribution < -0.4 is 10.6 Å². The largest absolute Gasteiger partial charge is 0.378 e. The Morgan fingerprint density at radius 3 is 2.47 bits per heavy atom. The lowest BCUT2D eigenvalue weighted by atomic mass is 10.1. The monoisotopic (exact) mass is 264 g/mol. The third kappa shape index (κ3) is 4.14. The molecule has 0 bridgehead atoms. The average Bonchev–Trinajstić information content (AvgIpc) is 2.39. The first-order chi connectivity index (χ1) is 9.19. The molecule has 106 valence electrons. The van der Waals surface area contributed by atoms with Crippen LogP contribution in [-0.2, 0) is 4.74 Å². The van der Waals surface area contributed by atoms with E-state index >= 15 is 0 Å². The molecule has 1 fully saturated rings. The van der Waals surface area contributed by atoms with Crippen molar-refractivity contribution < 1.29 is 4.74 Å². The lowest BCUT2D eigenvalue weighted by Crippen LogP contribution is -2.38. The smallest absolute Gasteiger partial charge is 0.225 e. The summed E-state index contributed by atoms with van der Waals surface area (Å²) in [5, 5.41) is 0. The van der Waals surface area contributed by atoms with Crippen LogP contribution in [0.1, 0.15) is 30.7 Å². The molecule has 1 aromatic heterocycles. The first-order valence-electron chi connectivity index (χ1n) is 7.08. The van der Waals surface area contributed by atoms with Gasteiger partial charge >= 0.3 is 0 Å². The van der Waals surface area contributed by atoms with E-state index in [0.717, 1.165) is 56.3 Å². The van der Waals surface area contributed by atoms with Crippen molar-refractivity contribution in [3.05, 3.63) is 17.5 Å². The third-order valence-corrected chi connectivity index (χ3v) is 3.40. The second kappa shape index (κ2) is 6.82. The predicted octanol–water partition coefficient (Wildman–Crippen LogP) is 1.43. The van der Waals surface area contributed by atoms with Gasteiger partial charge in [-0.1, -0.05) is 0 Å². The first kappa shape index (κ1) is 14.2. The van der Waals surface area contributed by atoms with Crippen LogP contribution in [0.5, 0.6) is 0 Å². The Bertz CT molecular complexity index is 382. The van der Waals surface area contributed by atoms with Crippen molar-refractivity contribution in [3.63, 3.8) is 0 Å². The Balaban J connectivity index is 1.85. The molecule has 1 saturated heterocycles. The maximum absolute atomic E-state index is 5.81. The Morgan fingerprint density at radius 1 is 1.26 bits per heavy atom. The molecule has 1 aliphatic rings. The van der Waals surface area contributed by atoms with Gasteiger partial charge in [-0.15, -0.1) is 0 Å². The van der Waals surface area contributed by atoms with Gasteiger partial charge in [0.25, 0.3) is 0 Å².